The Morgan fingerprint density at radius 1 is 0.884 bits per heavy atom. The van der Waals surface area contributed by atoms with Gasteiger partial charge in [0.05, 0.1) is 6.54 Å². The number of aliphatic carboxylic acids is 1. The number of carbonyl (C=O) groups is 3. The summed E-state index contributed by atoms with van der Waals surface area (Å²) in [5.74, 6) is -0.473. The molecule has 0 aliphatic rings. The zero-order valence-electron chi connectivity index (χ0n) is 24.3. The number of hydrogen-bond donors (Lipinski definition) is 2. The molecule has 1 atom stereocenters. The van der Waals surface area contributed by atoms with Crippen LogP contribution in [0.15, 0.2) is 103 Å². The Bertz CT molecular complexity index is 1480. The van der Waals surface area contributed by atoms with Crippen molar-refractivity contribution in [2.75, 3.05) is 25.0 Å². The van der Waals surface area contributed by atoms with Gasteiger partial charge >= 0.3 is 5.97 Å². The van der Waals surface area contributed by atoms with Crippen molar-refractivity contribution in [3.05, 3.63) is 126 Å². The lowest BCUT2D eigenvalue weighted by molar-refractivity contribution is -0.138. The van der Waals surface area contributed by atoms with Gasteiger partial charge in [-0.15, -0.1) is 0 Å². The number of anilines is 1. The van der Waals surface area contributed by atoms with Crippen LogP contribution in [0.25, 0.3) is 0 Å². The molecule has 0 bridgehead atoms. The highest BCUT2D eigenvalue weighted by molar-refractivity contribution is 6.12. The molecule has 2 N–H and O–H groups in total. The molecule has 0 saturated carbocycles. The van der Waals surface area contributed by atoms with Crippen molar-refractivity contribution in [2.24, 2.45) is 0 Å². The molecule has 4 rings (SSSR count). The molecular formula is C35H37N3O5. The molecule has 8 heteroatoms. The number of aromatic nitrogens is 1. The summed E-state index contributed by atoms with van der Waals surface area (Å²) in [5, 5.41) is 13.0. The SMILES string of the molecule is CCCN(CCOc1ccc(C[C@H](Nc2ccccc2C(=O)c2ccccc2)C(=O)O)cc1)C(=O)CCc1cccnc1. The van der Waals surface area contributed by atoms with Gasteiger partial charge in [-0.3, -0.25) is 14.6 Å². The zero-order valence-corrected chi connectivity index (χ0v) is 24.3. The van der Waals surface area contributed by atoms with Crippen molar-refractivity contribution in [1.29, 1.82) is 0 Å². The highest BCUT2D eigenvalue weighted by Gasteiger charge is 2.21. The summed E-state index contributed by atoms with van der Waals surface area (Å²) >= 11 is 0. The molecule has 1 heterocycles. The summed E-state index contributed by atoms with van der Waals surface area (Å²) in [6.07, 6.45) is 5.64. The van der Waals surface area contributed by atoms with Gasteiger partial charge in [0, 0.05) is 48.6 Å². The summed E-state index contributed by atoms with van der Waals surface area (Å²) in [6, 6.07) is 26.0. The first-order chi connectivity index (χ1) is 20.9. The molecule has 0 saturated heterocycles. The molecule has 0 aliphatic heterocycles. The largest absolute Gasteiger partial charge is 0.492 e. The van der Waals surface area contributed by atoms with Crippen LogP contribution in [-0.2, 0) is 22.4 Å². The number of ether oxygens (including phenoxy) is 1. The second kappa shape index (κ2) is 15.9. The Hall–Kier alpha value is -4.98. The summed E-state index contributed by atoms with van der Waals surface area (Å²) in [4.78, 5) is 44.0. The standard InChI is InChI=1S/C35H37N3O5/c1-2-21-38(33(39)19-16-27-9-8-20-36-25-27)22-23-43-29-17-14-26(15-18-29)24-32(35(41)42)37-31-13-7-6-12-30(31)34(40)28-10-4-3-5-11-28/h3-15,17-18,20,25,32,37H,2,16,19,21-24H2,1H3,(H,41,42)/t32-/m0/s1. The van der Waals surface area contributed by atoms with E-state index < -0.39 is 12.0 Å². The number of hydrogen-bond acceptors (Lipinski definition) is 6. The smallest absolute Gasteiger partial charge is 0.326 e. The van der Waals surface area contributed by atoms with Gasteiger partial charge in [0.2, 0.25) is 5.91 Å². The highest BCUT2D eigenvalue weighted by atomic mass is 16.5. The maximum absolute atomic E-state index is 13.1. The van der Waals surface area contributed by atoms with E-state index in [2.05, 4.69) is 10.3 Å². The van der Waals surface area contributed by atoms with E-state index in [1.165, 1.54) is 0 Å². The molecule has 3 aromatic carbocycles. The van der Waals surface area contributed by atoms with Crippen LogP contribution in [0.3, 0.4) is 0 Å². The zero-order chi connectivity index (χ0) is 30.4. The van der Waals surface area contributed by atoms with Crippen LogP contribution in [0.5, 0.6) is 5.75 Å². The van der Waals surface area contributed by atoms with Crippen molar-refractivity contribution in [3.63, 3.8) is 0 Å². The lowest BCUT2D eigenvalue weighted by atomic mass is 10.00. The minimum absolute atomic E-state index is 0.0869. The minimum Gasteiger partial charge on any atom is -0.492 e. The number of nitrogens with one attached hydrogen (secondary N) is 1. The van der Waals surface area contributed by atoms with Crippen LogP contribution in [0.4, 0.5) is 5.69 Å². The Balaban J connectivity index is 1.31. The molecule has 8 nitrogen and oxygen atoms in total. The van der Waals surface area contributed by atoms with E-state index in [1.54, 1.807) is 73.1 Å². The van der Waals surface area contributed by atoms with Crippen LogP contribution in [0.1, 0.15) is 46.8 Å². The van der Waals surface area contributed by atoms with Gasteiger partial charge < -0.3 is 20.1 Å². The van der Waals surface area contributed by atoms with Crippen molar-refractivity contribution in [3.8, 4) is 5.75 Å². The third kappa shape index (κ3) is 9.26. The fraction of sp³-hybridized carbons (Fsp3) is 0.257. The van der Waals surface area contributed by atoms with E-state index in [4.69, 9.17) is 4.74 Å². The predicted molar refractivity (Wildman–Crippen MR) is 166 cm³/mol. The number of para-hydroxylation sites is 1. The summed E-state index contributed by atoms with van der Waals surface area (Å²) < 4.78 is 5.91. The first-order valence-corrected chi connectivity index (χ1v) is 14.5. The van der Waals surface area contributed by atoms with Gasteiger partial charge in [-0.1, -0.05) is 67.6 Å². The van der Waals surface area contributed by atoms with E-state index in [1.807, 2.05) is 42.2 Å². The summed E-state index contributed by atoms with van der Waals surface area (Å²) in [5.41, 5.74) is 3.25. The molecule has 222 valence electrons. The van der Waals surface area contributed by atoms with Crippen molar-refractivity contribution in [2.45, 2.75) is 38.6 Å². The molecule has 4 aromatic rings. The first-order valence-electron chi connectivity index (χ1n) is 14.5. The molecule has 0 fully saturated rings. The van der Waals surface area contributed by atoms with E-state index in [-0.39, 0.29) is 18.1 Å². The topological polar surface area (TPSA) is 109 Å². The molecule has 0 radical (unpaired) electrons. The van der Waals surface area contributed by atoms with E-state index in [9.17, 15) is 19.5 Å². The molecular weight excluding hydrogens is 542 g/mol. The second-order valence-corrected chi connectivity index (χ2v) is 10.2. The van der Waals surface area contributed by atoms with Crippen LogP contribution >= 0.6 is 0 Å². The second-order valence-electron chi connectivity index (χ2n) is 10.2. The van der Waals surface area contributed by atoms with Crippen LogP contribution in [-0.4, -0.2) is 58.4 Å². The van der Waals surface area contributed by atoms with E-state index in [0.29, 0.717) is 55.1 Å². The number of ketones is 1. The van der Waals surface area contributed by atoms with Gasteiger partial charge in [0.15, 0.2) is 5.78 Å². The van der Waals surface area contributed by atoms with Gasteiger partial charge in [-0.05, 0) is 54.3 Å². The van der Waals surface area contributed by atoms with Crippen molar-refractivity contribution < 1.29 is 24.2 Å². The van der Waals surface area contributed by atoms with Crippen LogP contribution < -0.4 is 10.1 Å². The third-order valence-electron chi connectivity index (χ3n) is 7.03. The first kappa shape index (κ1) is 31.0. The number of benzene rings is 3. The number of carbonyl (C=O) groups excluding carboxylic acids is 2. The highest BCUT2D eigenvalue weighted by Crippen LogP contribution is 2.22. The Labute approximate surface area is 252 Å². The monoisotopic (exact) mass is 579 g/mol. The predicted octanol–water partition coefficient (Wildman–Crippen LogP) is 5.67. The molecule has 43 heavy (non-hydrogen) atoms. The van der Waals surface area contributed by atoms with Gasteiger partial charge in [-0.25, -0.2) is 4.79 Å². The number of carboxylic acid groups (broad SMARTS) is 1. The molecule has 0 aliphatic carbocycles. The Morgan fingerprint density at radius 3 is 2.33 bits per heavy atom. The average Bonchev–Trinajstić information content (AvgIpc) is 3.04. The van der Waals surface area contributed by atoms with Crippen molar-refractivity contribution >= 4 is 23.3 Å². The fourth-order valence-electron chi connectivity index (χ4n) is 4.76. The van der Waals surface area contributed by atoms with Gasteiger partial charge in [0.1, 0.15) is 18.4 Å². The van der Waals surface area contributed by atoms with Gasteiger partial charge in [0.25, 0.3) is 0 Å². The lowest BCUT2D eigenvalue weighted by Gasteiger charge is -2.22. The van der Waals surface area contributed by atoms with Crippen molar-refractivity contribution in [1.82, 2.24) is 9.88 Å². The fourth-order valence-corrected chi connectivity index (χ4v) is 4.76. The van der Waals surface area contributed by atoms with Gasteiger partial charge in [-0.2, -0.15) is 0 Å². The molecule has 0 spiro atoms. The normalized spacial score (nSPS) is 11.4. The van der Waals surface area contributed by atoms with E-state index in [0.717, 1.165) is 17.5 Å². The Morgan fingerprint density at radius 2 is 1.63 bits per heavy atom. The van der Waals surface area contributed by atoms with Crippen LogP contribution in [0.2, 0.25) is 0 Å². The maximum Gasteiger partial charge on any atom is 0.326 e. The minimum atomic E-state index is -1.02. The lowest BCUT2D eigenvalue weighted by Crippen LogP contribution is -2.35. The third-order valence-corrected chi connectivity index (χ3v) is 7.03. The molecule has 1 amide bonds. The number of pyridine rings is 1. The number of amides is 1. The average molecular weight is 580 g/mol. The number of nitrogens with zero attached hydrogens (tertiary/aromatic N) is 2. The quantitative estimate of drug-likeness (QED) is 0.165. The van der Waals surface area contributed by atoms with E-state index >= 15 is 0 Å². The molecule has 1 aromatic heterocycles. The van der Waals surface area contributed by atoms with Crippen LogP contribution in [0, 0.1) is 0 Å². The number of aryl methyl sites for hydroxylation is 1. The molecule has 0 unspecified atom stereocenters. The number of rotatable bonds is 16. The number of carboxylic acids is 1. The maximum atomic E-state index is 13.1. The summed E-state index contributed by atoms with van der Waals surface area (Å²) in [6.45, 7) is 3.54. The Kier molecular flexibility index (Phi) is 11.4. The summed E-state index contributed by atoms with van der Waals surface area (Å²) in [7, 11) is 0.